The van der Waals surface area contributed by atoms with Gasteiger partial charge in [0.05, 0.1) is 12.7 Å². The standard InChI is InChI=1S/C13H20FNO3/c1-9(15-7-11(18-3)8-17-2)12-5-4-10(16)6-13(12)14/h4-6,9,11,15-16H,7-8H2,1-3H3. The van der Waals surface area contributed by atoms with Crippen LogP contribution >= 0.6 is 0 Å². The highest BCUT2D eigenvalue weighted by atomic mass is 19.1. The van der Waals surface area contributed by atoms with Gasteiger partial charge in [-0.1, -0.05) is 6.07 Å². The number of ether oxygens (including phenoxy) is 2. The van der Waals surface area contributed by atoms with Gasteiger partial charge in [-0.3, -0.25) is 0 Å². The maximum absolute atomic E-state index is 13.6. The van der Waals surface area contributed by atoms with Gasteiger partial charge in [0.2, 0.25) is 0 Å². The van der Waals surface area contributed by atoms with Crippen LogP contribution in [0.1, 0.15) is 18.5 Å². The molecule has 1 aromatic rings. The Labute approximate surface area is 107 Å². The molecule has 5 heteroatoms. The van der Waals surface area contributed by atoms with E-state index in [-0.39, 0.29) is 17.9 Å². The zero-order valence-electron chi connectivity index (χ0n) is 10.9. The van der Waals surface area contributed by atoms with E-state index in [1.807, 2.05) is 6.92 Å². The van der Waals surface area contributed by atoms with Gasteiger partial charge in [-0.05, 0) is 13.0 Å². The van der Waals surface area contributed by atoms with Gasteiger partial charge in [0.1, 0.15) is 11.6 Å². The first-order chi connectivity index (χ1) is 8.58. The second-order valence-electron chi connectivity index (χ2n) is 4.15. The summed E-state index contributed by atoms with van der Waals surface area (Å²) in [4.78, 5) is 0. The molecule has 0 heterocycles. The quantitative estimate of drug-likeness (QED) is 0.782. The van der Waals surface area contributed by atoms with Crippen molar-refractivity contribution in [1.29, 1.82) is 0 Å². The molecule has 0 radical (unpaired) electrons. The number of halogens is 1. The van der Waals surface area contributed by atoms with E-state index in [0.29, 0.717) is 18.7 Å². The molecule has 0 spiro atoms. The van der Waals surface area contributed by atoms with E-state index in [1.54, 1.807) is 20.3 Å². The van der Waals surface area contributed by atoms with Crippen LogP contribution < -0.4 is 5.32 Å². The molecular formula is C13H20FNO3. The zero-order valence-corrected chi connectivity index (χ0v) is 10.9. The van der Waals surface area contributed by atoms with Crippen molar-refractivity contribution in [2.45, 2.75) is 19.1 Å². The lowest BCUT2D eigenvalue weighted by Crippen LogP contribution is -2.33. The second-order valence-corrected chi connectivity index (χ2v) is 4.15. The molecule has 18 heavy (non-hydrogen) atoms. The topological polar surface area (TPSA) is 50.7 Å². The molecular weight excluding hydrogens is 237 g/mol. The lowest BCUT2D eigenvalue weighted by molar-refractivity contribution is 0.0276. The van der Waals surface area contributed by atoms with Gasteiger partial charge < -0.3 is 19.9 Å². The van der Waals surface area contributed by atoms with Gasteiger partial charge in [-0.15, -0.1) is 0 Å². The van der Waals surface area contributed by atoms with Gasteiger partial charge in [0, 0.05) is 38.4 Å². The van der Waals surface area contributed by atoms with Crippen molar-refractivity contribution < 1.29 is 19.0 Å². The number of methoxy groups -OCH3 is 2. The van der Waals surface area contributed by atoms with E-state index < -0.39 is 5.82 Å². The van der Waals surface area contributed by atoms with Crippen LogP contribution in [-0.4, -0.2) is 38.6 Å². The van der Waals surface area contributed by atoms with Gasteiger partial charge in [-0.25, -0.2) is 4.39 Å². The van der Waals surface area contributed by atoms with Crippen LogP contribution in [0, 0.1) is 5.82 Å². The molecule has 0 saturated heterocycles. The van der Waals surface area contributed by atoms with Crippen LogP contribution in [0.15, 0.2) is 18.2 Å². The third kappa shape index (κ3) is 4.25. The number of phenolic OH excluding ortho intramolecular Hbond substituents is 1. The summed E-state index contributed by atoms with van der Waals surface area (Å²) in [6.07, 6.45) is -0.0716. The van der Waals surface area contributed by atoms with Crippen LogP contribution in [0.5, 0.6) is 5.75 Å². The van der Waals surface area contributed by atoms with E-state index in [9.17, 15) is 4.39 Å². The molecule has 0 bridgehead atoms. The van der Waals surface area contributed by atoms with E-state index in [2.05, 4.69) is 5.32 Å². The summed E-state index contributed by atoms with van der Waals surface area (Å²) in [7, 11) is 3.21. The SMILES string of the molecule is COCC(CNC(C)c1ccc(O)cc1F)OC. The highest BCUT2D eigenvalue weighted by Crippen LogP contribution is 2.20. The monoisotopic (exact) mass is 257 g/mol. The number of hydrogen-bond donors (Lipinski definition) is 2. The van der Waals surface area contributed by atoms with Crippen molar-refractivity contribution in [3.8, 4) is 5.75 Å². The molecule has 102 valence electrons. The number of rotatable bonds is 7. The summed E-state index contributed by atoms with van der Waals surface area (Å²) in [6.45, 7) is 2.90. The minimum atomic E-state index is -0.421. The lowest BCUT2D eigenvalue weighted by Gasteiger charge is -2.20. The first kappa shape index (κ1) is 14.9. The number of benzene rings is 1. The maximum atomic E-state index is 13.6. The molecule has 4 nitrogen and oxygen atoms in total. The van der Waals surface area contributed by atoms with Gasteiger partial charge in [-0.2, -0.15) is 0 Å². The second kappa shape index (κ2) is 7.31. The Balaban J connectivity index is 2.56. The molecule has 2 atom stereocenters. The minimum Gasteiger partial charge on any atom is -0.508 e. The van der Waals surface area contributed by atoms with Crippen molar-refractivity contribution in [3.05, 3.63) is 29.6 Å². The molecule has 0 aliphatic carbocycles. The smallest absolute Gasteiger partial charge is 0.131 e. The first-order valence-corrected chi connectivity index (χ1v) is 5.82. The number of phenols is 1. The fraction of sp³-hybridized carbons (Fsp3) is 0.538. The molecule has 0 aliphatic rings. The Kier molecular flexibility index (Phi) is 6.04. The summed E-state index contributed by atoms with van der Waals surface area (Å²) in [5, 5.41) is 12.3. The first-order valence-electron chi connectivity index (χ1n) is 5.82. The molecule has 1 rings (SSSR count). The number of nitrogens with one attached hydrogen (secondary N) is 1. The zero-order chi connectivity index (χ0) is 13.5. The van der Waals surface area contributed by atoms with Crippen LogP contribution in [0.4, 0.5) is 4.39 Å². The van der Waals surface area contributed by atoms with Crippen molar-refractivity contribution >= 4 is 0 Å². The predicted molar refractivity (Wildman–Crippen MR) is 67.2 cm³/mol. The third-order valence-electron chi connectivity index (χ3n) is 2.79. The highest BCUT2D eigenvalue weighted by Gasteiger charge is 2.13. The van der Waals surface area contributed by atoms with Crippen LogP contribution in [-0.2, 0) is 9.47 Å². The largest absolute Gasteiger partial charge is 0.508 e. The van der Waals surface area contributed by atoms with Crippen LogP contribution in [0.2, 0.25) is 0 Å². The number of hydrogen-bond acceptors (Lipinski definition) is 4. The Bertz CT molecular complexity index is 373. The van der Waals surface area contributed by atoms with Crippen LogP contribution in [0.3, 0.4) is 0 Å². The summed E-state index contributed by atoms with van der Waals surface area (Å²) >= 11 is 0. The molecule has 0 aliphatic heterocycles. The Morgan fingerprint density at radius 1 is 1.39 bits per heavy atom. The molecule has 0 amide bonds. The molecule has 2 N–H and O–H groups in total. The van der Waals surface area contributed by atoms with Gasteiger partial charge in [0.25, 0.3) is 0 Å². The Morgan fingerprint density at radius 3 is 2.67 bits per heavy atom. The summed E-state index contributed by atoms with van der Waals surface area (Å²) in [6, 6.07) is 3.98. The molecule has 0 fully saturated rings. The molecule has 0 saturated carbocycles. The van der Waals surface area contributed by atoms with Gasteiger partial charge >= 0.3 is 0 Å². The van der Waals surface area contributed by atoms with Crippen molar-refractivity contribution in [1.82, 2.24) is 5.32 Å². The Hall–Kier alpha value is -1.17. The average Bonchev–Trinajstić information content (AvgIpc) is 2.34. The average molecular weight is 257 g/mol. The van der Waals surface area contributed by atoms with E-state index in [0.717, 1.165) is 6.07 Å². The summed E-state index contributed by atoms with van der Waals surface area (Å²) in [5.41, 5.74) is 0.514. The lowest BCUT2D eigenvalue weighted by atomic mass is 10.1. The fourth-order valence-electron chi connectivity index (χ4n) is 1.68. The third-order valence-corrected chi connectivity index (χ3v) is 2.79. The predicted octanol–water partition coefficient (Wildman–Crippen LogP) is 1.84. The Morgan fingerprint density at radius 2 is 2.11 bits per heavy atom. The van der Waals surface area contributed by atoms with Crippen molar-refractivity contribution in [2.75, 3.05) is 27.4 Å². The molecule has 2 unspecified atom stereocenters. The molecule has 1 aromatic carbocycles. The van der Waals surface area contributed by atoms with E-state index >= 15 is 0 Å². The highest BCUT2D eigenvalue weighted by molar-refractivity contribution is 5.29. The van der Waals surface area contributed by atoms with E-state index in [4.69, 9.17) is 14.6 Å². The fourth-order valence-corrected chi connectivity index (χ4v) is 1.68. The molecule has 0 aromatic heterocycles. The maximum Gasteiger partial charge on any atom is 0.131 e. The van der Waals surface area contributed by atoms with Crippen molar-refractivity contribution in [2.24, 2.45) is 0 Å². The van der Waals surface area contributed by atoms with Crippen LogP contribution in [0.25, 0.3) is 0 Å². The van der Waals surface area contributed by atoms with E-state index in [1.165, 1.54) is 6.07 Å². The number of aromatic hydroxyl groups is 1. The van der Waals surface area contributed by atoms with Gasteiger partial charge in [0.15, 0.2) is 0 Å². The summed E-state index contributed by atoms with van der Waals surface area (Å²) in [5.74, 6) is -0.492. The minimum absolute atomic E-state index is 0.0716. The van der Waals surface area contributed by atoms with Crippen molar-refractivity contribution in [3.63, 3.8) is 0 Å². The summed E-state index contributed by atoms with van der Waals surface area (Å²) < 4.78 is 23.8. The normalized spacial score (nSPS) is 14.4.